The van der Waals surface area contributed by atoms with E-state index in [1.165, 1.54) is 18.9 Å². The topological polar surface area (TPSA) is 84.9 Å². The first-order chi connectivity index (χ1) is 10.0. The number of nitrogens with zero attached hydrogens (tertiary/aromatic N) is 2. The van der Waals surface area contributed by atoms with Gasteiger partial charge in [-0.05, 0) is 25.5 Å². The number of aromatic nitrogens is 3. The molecule has 110 valence electrons. The van der Waals surface area contributed by atoms with Gasteiger partial charge in [0, 0.05) is 18.1 Å². The Morgan fingerprint density at radius 1 is 1.29 bits per heavy atom. The summed E-state index contributed by atoms with van der Waals surface area (Å²) in [6, 6.07) is 1.72. The zero-order chi connectivity index (χ0) is 15.4. The minimum atomic E-state index is -0.445. The number of carbonyl (C=O) groups excluding carboxylic acids is 2. The lowest BCUT2D eigenvalue weighted by molar-refractivity contribution is 0.0599. The predicted molar refractivity (Wildman–Crippen MR) is 78.7 cm³/mol. The Kier molecular flexibility index (Phi) is 4.74. The third kappa shape index (κ3) is 3.30. The number of thioether (sulfide) groups is 1. The molecule has 0 aliphatic carbocycles. The van der Waals surface area contributed by atoms with Gasteiger partial charge in [-0.25, -0.2) is 14.8 Å². The number of nitrogens with one attached hydrogen (secondary N) is 1. The van der Waals surface area contributed by atoms with E-state index in [0.29, 0.717) is 27.7 Å². The lowest BCUT2D eigenvalue weighted by Gasteiger charge is -2.01. The van der Waals surface area contributed by atoms with Crippen molar-refractivity contribution in [2.75, 3.05) is 12.9 Å². The largest absolute Gasteiger partial charge is 0.465 e. The molecule has 1 N–H and O–H groups in total. The number of carbonyl (C=O) groups is 2. The minimum absolute atomic E-state index is 0.108. The van der Waals surface area contributed by atoms with Crippen molar-refractivity contribution in [1.82, 2.24) is 15.0 Å². The fourth-order valence-electron chi connectivity index (χ4n) is 2.00. The Morgan fingerprint density at radius 3 is 2.57 bits per heavy atom. The molecule has 0 aliphatic rings. The minimum Gasteiger partial charge on any atom is -0.465 e. The number of rotatable bonds is 5. The number of hydrogen-bond acceptors (Lipinski definition) is 6. The molecule has 0 saturated carbocycles. The molecular formula is C14H15N3O3S. The van der Waals surface area contributed by atoms with Gasteiger partial charge in [0.05, 0.1) is 24.1 Å². The SMILES string of the molecule is COC(=O)c1c(C)[nH]c(C(=O)CSc2ncccn2)c1C. The second-order valence-electron chi connectivity index (χ2n) is 4.36. The van der Waals surface area contributed by atoms with Crippen LogP contribution in [0.25, 0.3) is 0 Å². The van der Waals surface area contributed by atoms with Crippen molar-refractivity contribution in [2.24, 2.45) is 0 Å². The zero-order valence-electron chi connectivity index (χ0n) is 12.0. The number of H-pyrrole nitrogens is 1. The molecule has 0 atom stereocenters. The Labute approximate surface area is 126 Å². The van der Waals surface area contributed by atoms with Crippen LogP contribution in [0, 0.1) is 13.8 Å². The summed E-state index contributed by atoms with van der Waals surface area (Å²) < 4.78 is 4.72. The fraction of sp³-hybridized carbons (Fsp3) is 0.286. The van der Waals surface area contributed by atoms with Crippen LogP contribution in [-0.4, -0.2) is 39.6 Å². The summed E-state index contributed by atoms with van der Waals surface area (Å²) in [6.45, 7) is 3.47. The maximum absolute atomic E-state index is 12.3. The number of esters is 1. The normalized spacial score (nSPS) is 10.4. The van der Waals surface area contributed by atoms with Gasteiger partial charge in [-0.15, -0.1) is 0 Å². The van der Waals surface area contributed by atoms with E-state index in [2.05, 4.69) is 15.0 Å². The highest BCUT2D eigenvalue weighted by molar-refractivity contribution is 7.99. The number of methoxy groups -OCH3 is 1. The molecule has 0 amide bonds. The van der Waals surface area contributed by atoms with Crippen molar-refractivity contribution in [3.8, 4) is 0 Å². The van der Waals surface area contributed by atoms with Crippen molar-refractivity contribution in [3.63, 3.8) is 0 Å². The van der Waals surface area contributed by atoms with Gasteiger partial charge in [-0.3, -0.25) is 4.79 Å². The van der Waals surface area contributed by atoms with Gasteiger partial charge in [-0.2, -0.15) is 0 Å². The number of ketones is 1. The van der Waals surface area contributed by atoms with Crippen molar-refractivity contribution < 1.29 is 14.3 Å². The van der Waals surface area contributed by atoms with Gasteiger partial charge in [0.2, 0.25) is 0 Å². The van der Waals surface area contributed by atoms with Gasteiger partial charge in [-0.1, -0.05) is 11.8 Å². The Hall–Kier alpha value is -2.15. The molecule has 0 saturated heterocycles. The number of hydrogen-bond donors (Lipinski definition) is 1. The number of aromatic amines is 1. The number of Topliss-reactive ketones (excluding diaryl/α,β-unsaturated/α-hetero) is 1. The average molecular weight is 305 g/mol. The molecule has 7 heteroatoms. The lowest BCUT2D eigenvalue weighted by atomic mass is 10.1. The van der Waals surface area contributed by atoms with Crippen LogP contribution in [0.3, 0.4) is 0 Å². The van der Waals surface area contributed by atoms with Crippen molar-refractivity contribution >= 4 is 23.5 Å². The average Bonchev–Trinajstić information content (AvgIpc) is 2.80. The highest BCUT2D eigenvalue weighted by Gasteiger charge is 2.22. The molecule has 0 aliphatic heterocycles. The molecule has 2 heterocycles. The third-order valence-electron chi connectivity index (χ3n) is 2.98. The van der Waals surface area contributed by atoms with Crippen LogP contribution in [0.5, 0.6) is 0 Å². The molecule has 21 heavy (non-hydrogen) atoms. The van der Waals surface area contributed by atoms with Crippen LogP contribution in [0.2, 0.25) is 0 Å². The molecule has 2 aromatic rings. The van der Waals surface area contributed by atoms with E-state index in [9.17, 15) is 9.59 Å². The fourth-order valence-corrected chi connectivity index (χ4v) is 2.67. The van der Waals surface area contributed by atoms with Gasteiger partial charge in [0.25, 0.3) is 0 Å². The maximum atomic E-state index is 12.3. The van der Waals surface area contributed by atoms with Gasteiger partial charge in [0.15, 0.2) is 10.9 Å². The molecule has 6 nitrogen and oxygen atoms in total. The van der Waals surface area contributed by atoms with E-state index in [4.69, 9.17) is 4.74 Å². The standard InChI is InChI=1S/C14H15N3O3S/c1-8-11(13(19)20-3)9(2)17-12(8)10(18)7-21-14-15-5-4-6-16-14/h4-6,17H,7H2,1-3H3. The van der Waals surface area contributed by atoms with Crippen molar-refractivity contribution in [1.29, 1.82) is 0 Å². The molecular weight excluding hydrogens is 290 g/mol. The summed E-state index contributed by atoms with van der Waals surface area (Å²) in [4.78, 5) is 35.0. The Balaban J connectivity index is 2.15. The van der Waals surface area contributed by atoms with E-state index in [0.717, 1.165) is 0 Å². The Bertz CT molecular complexity index is 668. The number of aryl methyl sites for hydroxylation is 1. The second kappa shape index (κ2) is 6.53. The van der Waals surface area contributed by atoms with Gasteiger partial charge in [0.1, 0.15) is 0 Å². The van der Waals surface area contributed by atoms with Crippen molar-refractivity contribution in [2.45, 2.75) is 19.0 Å². The number of ether oxygens (including phenoxy) is 1. The molecule has 2 aromatic heterocycles. The van der Waals surface area contributed by atoms with Crippen LogP contribution < -0.4 is 0 Å². The van der Waals surface area contributed by atoms with Crippen LogP contribution >= 0.6 is 11.8 Å². The molecule has 0 aromatic carbocycles. The highest BCUT2D eigenvalue weighted by atomic mass is 32.2. The highest BCUT2D eigenvalue weighted by Crippen LogP contribution is 2.21. The van der Waals surface area contributed by atoms with Crippen LogP contribution in [0.4, 0.5) is 0 Å². The third-order valence-corrected chi connectivity index (χ3v) is 3.86. The van der Waals surface area contributed by atoms with Gasteiger partial charge < -0.3 is 9.72 Å². The summed E-state index contributed by atoms with van der Waals surface area (Å²) >= 11 is 1.25. The summed E-state index contributed by atoms with van der Waals surface area (Å²) in [7, 11) is 1.32. The zero-order valence-corrected chi connectivity index (χ0v) is 12.8. The van der Waals surface area contributed by atoms with E-state index >= 15 is 0 Å². The summed E-state index contributed by atoms with van der Waals surface area (Å²) in [5, 5.41) is 0.542. The summed E-state index contributed by atoms with van der Waals surface area (Å²) in [5.41, 5.74) is 2.08. The van der Waals surface area contributed by atoms with Crippen molar-refractivity contribution in [3.05, 3.63) is 41.0 Å². The van der Waals surface area contributed by atoms with Gasteiger partial charge >= 0.3 is 5.97 Å². The predicted octanol–water partition coefficient (Wildman–Crippen LogP) is 2.18. The van der Waals surface area contributed by atoms with Crippen LogP contribution in [-0.2, 0) is 4.74 Å². The molecule has 0 bridgehead atoms. The lowest BCUT2D eigenvalue weighted by Crippen LogP contribution is -2.07. The molecule has 0 radical (unpaired) electrons. The summed E-state index contributed by atoms with van der Waals surface area (Å²) in [6.07, 6.45) is 3.25. The first-order valence-electron chi connectivity index (χ1n) is 6.25. The maximum Gasteiger partial charge on any atom is 0.339 e. The molecule has 2 rings (SSSR count). The van der Waals surface area contributed by atoms with E-state index in [-0.39, 0.29) is 11.5 Å². The first-order valence-corrected chi connectivity index (χ1v) is 7.23. The molecule has 0 fully saturated rings. The quantitative estimate of drug-likeness (QED) is 0.394. The second-order valence-corrected chi connectivity index (χ2v) is 5.30. The van der Waals surface area contributed by atoms with E-state index in [1.807, 2.05) is 0 Å². The van der Waals surface area contributed by atoms with E-state index in [1.54, 1.807) is 32.3 Å². The Morgan fingerprint density at radius 2 is 1.95 bits per heavy atom. The smallest absolute Gasteiger partial charge is 0.339 e. The first kappa shape index (κ1) is 15.2. The molecule has 0 spiro atoms. The van der Waals surface area contributed by atoms with Crippen LogP contribution in [0.15, 0.2) is 23.6 Å². The monoisotopic (exact) mass is 305 g/mol. The van der Waals surface area contributed by atoms with E-state index < -0.39 is 5.97 Å². The van der Waals surface area contributed by atoms with Crippen LogP contribution in [0.1, 0.15) is 32.1 Å². The molecule has 0 unspecified atom stereocenters. The summed E-state index contributed by atoms with van der Waals surface area (Å²) in [5.74, 6) is -0.353.